The lowest BCUT2D eigenvalue weighted by Gasteiger charge is -2.12. The van der Waals surface area contributed by atoms with Gasteiger partial charge in [-0.15, -0.1) is 5.10 Å². The monoisotopic (exact) mass is 407 g/mol. The van der Waals surface area contributed by atoms with Crippen molar-refractivity contribution in [3.8, 4) is 11.5 Å². The standard InChI is InChI=1S/C18H21N3O6S/c1-4-26-8-9-27-16-12(6-5-7-13(16)24-2)11-19-21-18-20-17(23)14(28-18)10-15(22)25-3/h5-7,10-11H,4,8-9H2,1-3H3,(H,20,21,23)/b14-10+,19-11?. The molecule has 0 bridgehead atoms. The van der Waals surface area contributed by atoms with E-state index in [1.807, 2.05) is 6.92 Å². The van der Waals surface area contributed by atoms with Gasteiger partial charge in [-0.1, -0.05) is 6.07 Å². The number of para-hydroxylation sites is 1. The molecule has 1 aliphatic rings. The quantitative estimate of drug-likeness (QED) is 0.218. The van der Waals surface area contributed by atoms with Gasteiger partial charge in [-0.05, 0) is 30.8 Å². The van der Waals surface area contributed by atoms with Crippen LogP contribution in [0.2, 0.25) is 0 Å². The van der Waals surface area contributed by atoms with E-state index in [0.29, 0.717) is 36.9 Å². The second-order valence-corrected chi connectivity index (χ2v) is 6.19. The van der Waals surface area contributed by atoms with E-state index in [9.17, 15) is 9.59 Å². The van der Waals surface area contributed by atoms with E-state index in [1.54, 1.807) is 25.3 Å². The van der Waals surface area contributed by atoms with Crippen molar-refractivity contribution in [2.24, 2.45) is 10.2 Å². The van der Waals surface area contributed by atoms with Crippen molar-refractivity contribution in [3.05, 3.63) is 34.7 Å². The molecule has 1 aliphatic heterocycles. The minimum absolute atomic E-state index is 0.183. The molecule has 0 spiro atoms. The Morgan fingerprint density at radius 2 is 2.11 bits per heavy atom. The smallest absolute Gasteiger partial charge is 0.331 e. The van der Waals surface area contributed by atoms with Gasteiger partial charge in [0.05, 0.1) is 31.9 Å². The second-order valence-electron chi connectivity index (χ2n) is 5.16. The fourth-order valence-electron chi connectivity index (χ4n) is 2.08. The molecular weight excluding hydrogens is 386 g/mol. The SMILES string of the molecule is CCOCCOc1c(C=N/N=C2/NC(=O)/C(=C\C(=O)OC)S2)cccc1OC. The Kier molecular flexibility index (Phi) is 8.50. The molecule has 0 saturated carbocycles. The number of ether oxygens (including phenoxy) is 4. The molecule has 150 valence electrons. The maximum absolute atomic E-state index is 11.8. The molecule has 9 nitrogen and oxygen atoms in total. The van der Waals surface area contributed by atoms with Crippen molar-refractivity contribution in [1.82, 2.24) is 5.32 Å². The Bertz CT molecular complexity index is 807. The van der Waals surface area contributed by atoms with E-state index >= 15 is 0 Å². The second kappa shape index (κ2) is 11.1. The lowest BCUT2D eigenvalue weighted by Crippen LogP contribution is -2.19. The Labute approximate surface area is 166 Å². The number of hydrogen-bond donors (Lipinski definition) is 1. The van der Waals surface area contributed by atoms with Crippen LogP contribution >= 0.6 is 11.8 Å². The summed E-state index contributed by atoms with van der Waals surface area (Å²) in [6, 6.07) is 5.37. The number of carbonyl (C=O) groups is 2. The molecule has 0 atom stereocenters. The highest BCUT2D eigenvalue weighted by Crippen LogP contribution is 2.30. The fraction of sp³-hybridized carbons (Fsp3) is 0.333. The van der Waals surface area contributed by atoms with Gasteiger partial charge in [0, 0.05) is 18.2 Å². The Morgan fingerprint density at radius 1 is 1.29 bits per heavy atom. The molecule has 2 rings (SSSR count). The van der Waals surface area contributed by atoms with Crippen LogP contribution in [-0.4, -0.2) is 57.3 Å². The molecule has 1 aromatic rings. The van der Waals surface area contributed by atoms with Crippen LogP contribution in [0.25, 0.3) is 0 Å². The summed E-state index contributed by atoms with van der Waals surface area (Å²) >= 11 is 0.992. The van der Waals surface area contributed by atoms with E-state index in [2.05, 4.69) is 20.3 Å². The molecule has 1 fully saturated rings. The first-order valence-electron chi connectivity index (χ1n) is 8.36. The zero-order valence-corrected chi connectivity index (χ0v) is 16.6. The van der Waals surface area contributed by atoms with Gasteiger partial charge < -0.3 is 18.9 Å². The average molecular weight is 407 g/mol. The number of carbonyl (C=O) groups excluding carboxylic acids is 2. The number of methoxy groups -OCH3 is 2. The van der Waals surface area contributed by atoms with E-state index in [-0.39, 0.29) is 10.1 Å². The van der Waals surface area contributed by atoms with Crippen LogP contribution in [0.5, 0.6) is 11.5 Å². The average Bonchev–Trinajstić information content (AvgIpc) is 3.04. The minimum atomic E-state index is -0.618. The number of thioether (sulfide) groups is 1. The number of amides is 1. The highest BCUT2D eigenvalue weighted by Gasteiger charge is 2.25. The molecule has 0 aromatic heterocycles. The van der Waals surface area contributed by atoms with E-state index in [1.165, 1.54) is 13.3 Å². The van der Waals surface area contributed by atoms with Crippen LogP contribution in [0.15, 0.2) is 39.4 Å². The third-order valence-electron chi connectivity index (χ3n) is 3.35. The highest BCUT2D eigenvalue weighted by molar-refractivity contribution is 8.18. The zero-order chi connectivity index (χ0) is 20.4. The van der Waals surface area contributed by atoms with Gasteiger partial charge in [0.1, 0.15) is 6.61 Å². The maximum Gasteiger partial charge on any atom is 0.331 e. The van der Waals surface area contributed by atoms with Crippen molar-refractivity contribution >= 4 is 35.0 Å². The van der Waals surface area contributed by atoms with Crippen LogP contribution in [0.1, 0.15) is 12.5 Å². The van der Waals surface area contributed by atoms with Crippen molar-refractivity contribution in [2.75, 3.05) is 34.0 Å². The number of nitrogens with one attached hydrogen (secondary N) is 1. The molecule has 1 heterocycles. The van der Waals surface area contributed by atoms with Gasteiger partial charge in [-0.3, -0.25) is 10.1 Å². The highest BCUT2D eigenvalue weighted by atomic mass is 32.2. The largest absolute Gasteiger partial charge is 0.493 e. The molecular formula is C18H21N3O6S. The summed E-state index contributed by atoms with van der Waals surface area (Å²) < 4.78 is 20.8. The first-order valence-corrected chi connectivity index (χ1v) is 9.18. The van der Waals surface area contributed by atoms with Gasteiger partial charge in [0.25, 0.3) is 5.91 Å². The molecule has 0 radical (unpaired) electrons. The maximum atomic E-state index is 11.8. The van der Waals surface area contributed by atoms with E-state index in [4.69, 9.17) is 14.2 Å². The topological polar surface area (TPSA) is 108 Å². The number of amidine groups is 1. The van der Waals surface area contributed by atoms with E-state index in [0.717, 1.165) is 17.8 Å². The molecule has 1 N–H and O–H groups in total. The third-order valence-corrected chi connectivity index (χ3v) is 4.25. The van der Waals surface area contributed by atoms with Crippen molar-refractivity contribution in [2.45, 2.75) is 6.92 Å². The number of nitrogens with zero attached hydrogens (tertiary/aromatic N) is 2. The molecule has 28 heavy (non-hydrogen) atoms. The predicted octanol–water partition coefficient (Wildman–Crippen LogP) is 1.72. The number of esters is 1. The van der Waals surface area contributed by atoms with Crippen molar-refractivity contribution in [1.29, 1.82) is 0 Å². The molecule has 1 amide bonds. The van der Waals surface area contributed by atoms with Crippen LogP contribution < -0.4 is 14.8 Å². The van der Waals surface area contributed by atoms with E-state index < -0.39 is 11.9 Å². The Morgan fingerprint density at radius 3 is 2.82 bits per heavy atom. The van der Waals surface area contributed by atoms with Gasteiger partial charge in [-0.25, -0.2) is 4.79 Å². The molecule has 10 heteroatoms. The van der Waals surface area contributed by atoms with Crippen LogP contribution in [-0.2, 0) is 19.1 Å². The molecule has 1 aromatic carbocycles. The van der Waals surface area contributed by atoms with Gasteiger partial charge in [-0.2, -0.15) is 5.10 Å². The van der Waals surface area contributed by atoms with Crippen LogP contribution in [0, 0.1) is 0 Å². The Hall–Kier alpha value is -2.85. The fourth-order valence-corrected chi connectivity index (χ4v) is 2.82. The van der Waals surface area contributed by atoms with Gasteiger partial charge >= 0.3 is 5.97 Å². The lowest BCUT2D eigenvalue weighted by molar-refractivity contribution is -0.135. The third kappa shape index (κ3) is 6.10. The summed E-state index contributed by atoms with van der Waals surface area (Å²) in [4.78, 5) is 23.2. The summed E-state index contributed by atoms with van der Waals surface area (Å²) in [5, 5.41) is 10.7. The van der Waals surface area contributed by atoms with Gasteiger partial charge in [0.2, 0.25) is 0 Å². The molecule has 0 aliphatic carbocycles. The van der Waals surface area contributed by atoms with Crippen molar-refractivity contribution in [3.63, 3.8) is 0 Å². The summed E-state index contributed by atoms with van der Waals surface area (Å²) in [5.74, 6) is 0.0151. The van der Waals surface area contributed by atoms with Crippen LogP contribution in [0.4, 0.5) is 0 Å². The minimum Gasteiger partial charge on any atom is -0.493 e. The zero-order valence-electron chi connectivity index (χ0n) is 15.8. The van der Waals surface area contributed by atoms with Gasteiger partial charge in [0.15, 0.2) is 16.7 Å². The van der Waals surface area contributed by atoms with Crippen LogP contribution in [0.3, 0.4) is 0 Å². The Balaban J connectivity index is 2.11. The normalized spacial score (nSPS) is 16.6. The summed E-state index contributed by atoms with van der Waals surface area (Å²) in [6.07, 6.45) is 2.58. The predicted molar refractivity (Wildman–Crippen MR) is 106 cm³/mol. The number of rotatable bonds is 9. The first kappa shape index (κ1) is 21.5. The molecule has 1 saturated heterocycles. The first-order chi connectivity index (χ1) is 13.6. The number of hydrogen-bond acceptors (Lipinski definition) is 9. The number of benzene rings is 1. The summed E-state index contributed by atoms with van der Waals surface area (Å²) in [7, 11) is 2.78. The van der Waals surface area contributed by atoms with Crippen molar-refractivity contribution < 1.29 is 28.5 Å². The summed E-state index contributed by atoms with van der Waals surface area (Å²) in [5.41, 5.74) is 0.653. The summed E-state index contributed by atoms with van der Waals surface area (Å²) in [6.45, 7) is 3.32. The molecule has 0 unspecified atom stereocenters. The lowest BCUT2D eigenvalue weighted by atomic mass is 10.2.